The molecular weight excluding hydrogens is 436 g/mol. The Morgan fingerprint density at radius 2 is 0.727 bits per heavy atom. The molecule has 0 aromatic rings. The molecule has 0 aliphatic heterocycles. The third-order valence-electron chi connectivity index (χ3n) is 3.40. The first-order valence-corrected chi connectivity index (χ1v) is 11.9. The molecule has 0 fully saturated rings. The lowest BCUT2D eigenvalue weighted by atomic mass is 10.2. The average molecular weight is 495 g/mol. The quantitative estimate of drug-likeness (QED) is 0.186. The van der Waals surface area contributed by atoms with Crippen molar-refractivity contribution in [1.82, 2.24) is 0 Å². The van der Waals surface area contributed by atoms with Gasteiger partial charge >= 0.3 is 0 Å². The van der Waals surface area contributed by atoms with Crippen LogP contribution in [0.2, 0.25) is 0 Å². The Morgan fingerprint density at radius 3 is 0.727 bits per heavy atom. The summed E-state index contributed by atoms with van der Waals surface area (Å²) in [6, 6.07) is 0. The van der Waals surface area contributed by atoms with E-state index < -0.39 is 18.3 Å². The molecule has 0 aliphatic rings. The van der Waals surface area contributed by atoms with E-state index in [0.29, 0.717) is 32.5 Å². The van der Waals surface area contributed by atoms with E-state index in [4.69, 9.17) is 51.1 Å². The van der Waals surface area contributed by atoms with E-state index in [2.05, 4.69) is 6.92 Å². The summed E-state index contributed by atoms with van der Waals surface area (Å²) in [7, 11) is 0. The number of hydrogen-bond acceptors (Lipinski definition) is 10. The average Bonchev–Trinajstić information content (AvgIpc) is 2.88. The zero-order chi connectivity index (χ0) is 27.5. The molecule has 0 spiro atoms. The van der Waals surface area contributed by atoms with Crippen LogP contribution in [-0.4, -0.2) is 116 Å². The highest BCUT2D eigenvalue weighted by molar-refractivity contribution is 4.45. The van der Waals surface area contributed by atoms with Gasteiger partial charge in [-0.25, -0.2) is 0 Å². The van der Waals surface area contributed by atoms with Crippen LogP contribution in [-0.2, 0) is 0 Å². The van der Waals surface area contributed by atoms with Gasteiger partial charge in [-0.1, -0.05) is 48.0 Å². The third-order valence-corrected chi connectivity index (χ3v) is 3.40. The van der Waals surface area contributed by atoms with E-state index in [1.54, 1.807) is 6.92 Å². The number of unbranched alkanes of at least 4 members (excludes halogenated alkanes) is 1. The van der Waals surface area contributed by atoms with Gasteiger partial charge in [-0.2, -0.15) is 0 Å². The lowest BCUT2D eigenvalue weighted by Gasteiger charge is -1.97. The Kier molecular flexibility index (Phi) is 68.2. The number of hydrogen-bond donors (Lipinski definition) is 10. The van der Waals surface area contributed by atoms with Gasteiger partial charge in [0.15, 0.2) is 0 Å². The molecule has 10 nitrogen and oxygen atoms in total. The molecule has 0 amide bonds. The lowest BCUT2D eigenvalue weighted by molar-refractivity contribution is 0.0923. The minimum absolute atomic E-state index is 0.0463. The maximum absolute atomic E-state index is 8.42. The van der Waals surface area contributed by atoms with Crippen molar-refractivity contribution in [1.29, 1.82) is 0 Å². The zero-order valence-electron chi connectivity index (χ0n) is 22.0. The first kappa shape index (κ1) is 46.0. The van der Waals surface area contributed by atoms with Crippen molar-refractivity contribution in [2.75, 3.05) is 46.2 Å². The molecule has 0 aromatic carbocycles. The van der Waals surface area contributed by atoms with Crippen molar-refractivity contribution >= 4 is 0 Å². The molecule has 0 saturated carbocycles. The van der Waals surface area contributed by atoms with Crippen LogP contribution in [0.3, 0.4) is 0 Å². The van der Waals surface area contributed by atoms with Gasteiger partial charge in [-0.15, -0.1) is 0 Å². The van der Waals surface area contributed by atoms with Crippen LogP contribution in [0, 0.1) is 5.92 Å². The molecule has 10 heteroatoms. The molecule has 10 N–H and O–H groups in total. The predicted octanol–water partition coefficient (Wildman–Crippen LogP) is 0.0234. The van der Waals surface area contributed by atoms with Crippen molar-refractivity contribution in [3.05, 3.63) is 0 Å². The van der Waals surface area contributed by atoms with Crippen molar-refractivity contribution in [3.63, 3.8) is 0 Å². The highest BCUT2D eigenvalue weighted by Crippen LogP contribution is 1.86. The van der Waals surface area contributed by atoms with Gasteiger partial charge in [0.1, 0.15) is 0 Å². The van der Waals surface area contributed by atoms with Gasteiger partial charge in [-0.3, -0.25) is 0 Å². The minimum Gasteiger partial charge on any atom is -0.396 e. The van der Waals surface area contributed by atoms with Gasteiger partial charge in [0.25, 0.3) is 0 Å². The minimum atomic E-state index is -0.509. The van der Waals surface area contributed by atoms with E-state index in [1.165, 1.54) is 0 Å². The molecule has 1 unspecified atom stereocenters. The lowest BCUT2D eigenvalue weighted by Crippen LogP contribution is -2.08. The topological polar surface area (TPSA) is 202 Å². The Morgan fingerprint density at radius 1 is 0.455 bits per heavy atom. The van der Waals surface area contributed by atoms with Gasteiger partial charge in [0, 0.05) is 32.3 Å². The summed E-state index contributed by atoms with van der Waals surface area (Å²) >= 11 is 0. The zero-order valence-corrected chi connectivity index (χ0v) is 22.0. The van der Waals surface area contributed by atoms with Crippen LogP contribution in [0.15, 0.2) is 0 Å². The molecule has 33 heavy (non-hydrogen) atoms. The molecule has 0 radical (unpaired) electrons. The van der Waals surface area contributed by atoms with Crippen molar-refractivity contribution in [3.8, 4) is 0 Å². The summed E-state index contributed by atoms with van der Waals surface area (Å²) in [5, 5.41) is 81.8. The van der Waals surface area contributed by atoms with Crippen LogP contribution in [0.25, 0.3) is 0 Å². The standard InChI is InChI=1S/4C4H10O2.C4H10O.C3H8O/c1-4(2-5)3-6;3*1-2-4(6)3-5;1-2-3-4-5;1-2-3-4/h4*4-6H,2-3H2,1H3;5H,2-4H2,1H3;4H,2-3H2,1H3/t;2*4-;;;/m.10.../s1. The molecule has 0 bridgehead atoms. The fourth-order valence-corrected chi connectivity index (χ4v) is 0.603. The second kappa shape index (κ2) is 48.9. The Hall–Kier alpha value is -0.400. The summed E-state index contributed by atoms with van der Waals surface area (Å²) in [5.74, 6) is 0.0463. The maximum Gasteiger partial charge on any atom is 0.0768 e. The van der Waals surface area contributed by atoms with Gasteiger partial charge in [0.2, 0.25) is 0 Å². The van der Waals surface area contributed by atoms with Crippen molar-refractivity contribution in [2.24, 2.45) is 5.92 Å². The molecule has 0 heterocycles. The van der Waals surface area contributed by atoms with Crippen LogP contribution in [0.4, 0.5) is 0 Å². The molecule has 0 rings (SSSR count). The summed E-state index contributed by atoms with van der Waals surface area (Å²) < 4.78 is 0. The van der Waals surface area contributed by atoms with E-state index in [1.807, 2.05) is 27.7 Å². The van der Waals surface area contributed by atoms with E-state index in [-0.39, 0.29) is 39.0 Å². The summed E-state index contributed by atoms with van der Waals surface area (Å²) in [5.41, 5.74) is 0. The molecule has 210 valence electrons. The maximum atomic E-state index is 8.42. The van der Waals surface area contributed by atoms with E-state index in [0.717, 1.165) is 19.3 Å². The van der Waals surface area contributed by atoms with E-state index in [9.17, 15) is 0 Å². The fraction of sp³-hybridized carbons (Fsp3) is 1.00. The van der Waals surface area contributed by atoms with Crippen molar-refractivity contribution < 1.29 is 51.1 Å². The van der Waals surface area contributed by atoms with Crippen LogP contribution < -0.4 is 0 Å². The largest absolute Gasteiger partial charge is 0.396 e. The third kappa shape index (κ3) is 80.0. The number of aliphatic hydroxyl groups excluding tert-OH is 10. The summed E-state index contributed by atoms with van der Waals surface area (Å²) in [6.45, 7) is 11.7. The number of rotatable bonds is 11. The second-order valence-corrected chi connectivity index (χ2v) is 7.01. The number of aliphatic hydroxyl groups is 10. The Balaban J connectivity index is -0.0000000666. The van der Waals surface area contributed by atoms with Crippen molar-refractivity contribution in [2.45, 2.75) is 98.4 Å². The molecule has 0 aliphatic carbocycles. The SMILES string of the molecule is CC(CO)CO.CCC(O)CO.CCCCO.CCCO.CC[C@@H](O)CO.CC[C@H](O)CO. The van der Waals surface area contributed by atoms with E-state index >= 15 is 0 Å². The Labute approximate surface area is 202 Å². The van der Waals surface area contributed by atoms with Gasteiger partial charge in [0.05, 0.1) is 38.1 Å². The normalized spacial score (nSPS) is 11.9. The molecule has 0 aromatic heterocycles. The monoisotopic (exact) mass is 494 g/mol. The van der Waals surface area contributed by atoms with Crippen LogP contribution >= 0.6 is 0 Å². The highest BCUT2D eigenvalue weighted by atomic mass is 16.3. The fourth-order valence-electron chi connectivity index (χ4n) is 0.603. The predicted molar refractivity (Wildman–Crippen MR) is 133 cm³/mol. The van der Waals surface area contributed by atoms with Gasteiger partial charge in [-0.05, 0) is 32.1 Å². The van der Waals surface area contributed by atoms with Crippen LogP contribution in [0.1, 0.15) is 80.1 Å². The Bertz CT molecular complexity index is 201. The highest BCUT2D eigenvalue weighted by Gasteiger charge is 1.93. The van der Waals surface area contributed by atoms with Crippen LogP contribution in [0.5, 0.6) is 0 Å². The molecule has 3 atom stereocenters. The molecular formula is C23H58O10. The summed E-state index contributed by atoms with van der Waals surface area (Å²) in [4.78, 5) is 0. The summed E-state index contributed by atoms with van der Waals surface area (Å²) in [6.07, 6.45) is 3.29. The second-order valence-electron chi connectivity index (χ2n) is 7.01. The first-order valence-electron chi connectivity index (χ1n) is 11.9. The van der Waals surface area contributed by atoms with Gasteiger partial charge < -0.3 is 51.1 Å². The first-order chi connectivity index (χ1) is 15.6. The molecule has 0 saturated heterocycles. The smallest absolute Gasteiger partial charge is 0.0768 e.